The Morgan fingerprint density at radius 1 is 1.36 bits per heavy atom. The first-order valence-electron chi connectivity index (χ1n) is 7.54. The Hall–Kier alpha value is -2.11. The van der Waals surface area contributed by atoms with Crippen molar-refractivity contribution in [3.05, 3.63) is 35.6 Å². The number of likely N-dealkylation sites (tertiary alicyclic amines) is 1. The summed E-state index contributed by atoms with van der Waals surface area (Å²) in [5.41, 5.74) is 0.962. The van der Waals surface area contributed by atoms with Crippen LogP contribution < -0.4 is 10.6 Å². The summed E-state index contributed by atoms with van der Waals surface area (Å²) in [6.45, 7) is 4.94. The fourth-order valence-electron chi connectivity index (χ4n) is 2.54. The number of nitrogens with zero attached hydrogens (tertiary/aromatic N) is 1. The second kappa shape index (κ2) is 7.24. The molecule has 0 saturated carbocycles. The number of urea groups is 1. The van der Waals surface area contributed by atoms with Crippen LogP contribution in [0.4, 0.5) is 9.18 Å². The molecule has 0 spiro atoms. The van der Waals surface area contributed by atoms with Crippen LogP contribution in [0, 0.1) is 5.82 Å². The molecule has 1 unspecified atom stereocenters. The van der Waals surface area contributed by atoms with Crippen LogP contribution in [-0.2, 0) is 11.2 Å². The fraction of sp³-hybridized carbons (Fsp3) is 0.500. The molecular formula is C16H22FN3O2. The molecule has 0 bridgehead atoms. The van der Waals surface area contributed by atoms with E-state index in [9.17, 15) is 14.0 Å². The summed E-state index contributed by atoms with van der Waals surface area (Å²) >= 11 is 0. The van der Waals surface area contributed by atoms with Gasteiger partial charge in [0, 0.05) is 25.6 Å². The highest BCUT2D eigenvalue weighted by Crippen LogP contribution is 2.14. The van der Waals surface area contributed by atoms with Gasteiger partial charge in [0.1, 0.15) is 5.82 Å². The maximum atomic E-state index is 12.8. The molecule has 1 atom stereocenters. The highest BCUT2D eigenvalue weighted by Gasteiger charge is 2.31. The van der Waals surface area contributed by atoms with Crippen LogP contribution in [-0.4, -0.2) is 42.0 Å². The molecule has 22 heavy (non-hydrogen) atoms. The minimum Gasteiger partial charge on any atom is -0.338 e. The van der Waals surface area contributed by atoms with Crippen LogP contribution in [0.15, 0.2) is 24.3 Å². The van der Waals surface area contributed by atoms with Gasteiger partial charge in [-0.1, -0.05) is 12.1 Å². The van der Waals surface area contributed by atoms with Crippen molar-refractivity contribution in [3.63, 3.8) is 0 Å². The lowest BCUT2D eigenvalue weighted by Crippen LogP contribution is -2.44. The van der Waals surface area contributed by atoms with Crippen LogP contribution in [0.25, 0.3) is 0 Å². The van der Waals surface area contributed by atoms with Gasteiger partial charge in [-0.25, -0.2) is 9.18 Å². The smallest absolute Gasteiger partial charge is 0.315 e. The summed E-state index contributed by atoms with van der Waals surface area (Å²) in [7, 11) is 0. The molecule has 5 nitrogen and oxygen atoms in total. The predicted octanol–water partition coefficient (Wildman–Crippen LogP) is 1.68. The molecular weight excluding hydrogens is 285 g/mol. The lowest BCUT2D eigenvalue weighted by atomic mass is 10.1. The third-order valence-corrected chi connectivity index (χ3v) is 3.73. The Morgan fingerprint density at radius 2 is 2.05 bits per heavy atom. The van der Waals surface area contributed by atoms with E-state index >= 15 is 0 Å². The van der Waals surface area contributed by atoms with Gasteiger partial charge in [-0.15, -0.1) is 0 Å². The molecule has 0 aliphatic carbocycles. The average Bonchev–Trinajstić information content (AvgIpc) is 2.82. The van der Waals surface area contributed by atoms with E-state index in [2.05, 4.69) is 10.6 Å². The van der Waals surface area contributed by atoms with Crippen molar-refractivity contribution in [3.8, 4) is 0 Å². The van der Waals surface area contributed by atoms with E-state index in [1.54, 1.807) is 17.0 Å². The average molecular weight is 307 g/mol. The number of nitrogens with one attached hydrogen (secondary N) is 2. The third-order valence-electron chi connectivity index (χ3n) is 3.73. The van der Waals surface area contributed by atoms with Gasteiger partial charge in [0.15, 0.2) is 0 Å². The van der Waals surface area contributed by atoms with E-state index in [4.69, 9.17) is 0 Å². The van der Waals surface area contributed by atoms with Crippen LogP contribution in [0.3, 0.4) is 0 Å². The molecule has 2 rings (SSSR count). The molecule has 1 aliphatic heterocycles. The normalized spacial score (nSPS) is 17.9. The van der Waals surface area contributed by atoms with Crippen molar-refractivity contribution < 1.29 is 14.0 Å². The van der Waals surface area contributed by atoms with Crippen LogP contribution in [0.1, 0.15) is 25.8 Å². The monoisotopic (exact) mass is 307 g/mol. The van der Waals surface area contributed by atoms with Crippen molar-refractivity contribution >= 4 is 11.9 Å². The number of hydrogen-bond donors (Lipinski definition) is 2. The van der Waals surface area contributed by atoms with Crippen molar-refractivity contribution in [1.29, 1.82) is 0 Å². The van der Waals surface area contributed by atoms with Crippen molar-refractivity contribution in [2.75, 3.05) is 13.1 Å². The zero-order valence-electron chi connectivity index (χ0n) is 12.9. The zero-order valence-corrected chi connectivity index (χ0v) is 12.9. The van der Waals surface area contributed by atoms with Gasteiger partial charge in [0.05, 0.1) is 6.04 Å². The highest BCUT2D eigenvalue weighted by atomic mass is 19.1. The molecule has 1 heterocycles. The number of halogens is 1. The largest absolute Gasteiger partial charge is 0.338 e. The van der Waals surface area contributed by atoms with Crippen molar-refractivity contribution in [2.24, 2.45) is 0 Å². The SMILES string of the molecule is CC(C)N1CC(NC(=O)NCCc2ccc(F)cc2)CC1=O. The molecule has 2 N–H and O–H groups in total. The van der Waals surface area contributed by atoms with Gasteiger partial charge < -0.3 is 15.5 Å². The number of hydrogen-bond acceptors (Lipinski definition) is 2. The first-order valence-corrected chi connectivity index (χ1v) is 7.54. The number of benzene rings is 1. The molecule has 1 aliphatic rings. The van der Waals surface area contributed by atoms with Crippen LogP contribution in [0.5, 0.6) is 0 Å². The lowest BCUT2D eigenvalue weighted by molar-refractivity contribution is -0.129. The second-order valence-corrected chi connectivity index (χ2v) is 5.82. The first-order chi connectivity index (χ1) is 10.5. The molecule has 3 amide bonds. The highest BCUT2D eigenvalue weighted by molar-refractivity contribution is 5.81. The van der Waals surface area contributed by atoms with E-state index < -0.39 is 0 Å². The predicted molar refractivity (Wildman–Crippen MR) is 81.9 cm³/mol. The zero-order chi connectivity index (χ0) is 16.1. The van der Waals surface area contributed by atoms with E-state index in [0.29, 0.717) is 25.9 Å². The Morgan fingerprint density at radius 3 is 2.64 bits per heavy atom. The van der Waals surface area contributed by atoms with Crippen LogP contribution in [0.2, 0.25) is 0 Å². The van der Waals surface area contributed by atoms with Gasteiger partial charge in [0.2, 0.25) is 5.91 Å². The topological polar surface area (TPSA) is 61.4 Å². The summed E-state index contributed by atoms with van der Waals surface area (Å²) in [5, 5.41) is 5.57. The van der Waals surface area contributed by atoms with Crippen molar-refractivity contribution in [2.45, 2.75) is 38.8 Å². The van der Waals surface area contributed by atoms with Gasteiger partial charge in [0.25, 0.3) is 0 Å². The van der Waals surface area contributed by atoms with Gasteiger partial charge >= 0.3 is 6.03 Å². The molecule has 1 aromatic carbocycles. The number of carbonyl (C=O) groups excluding carboxylic acids is 2. The Labute approximate surface area is 129 Å². The fourth-order valence-corrected chi connectivity index (χ4v) is 2.54. The van der Waals surface area contributed by atoms with E-state index in [0.717, 1.165) is 5.56 Å². The summed E-state index contributed by atoms with van der Waals surface area (Å²) < 4.78 is 12.8. The molecule has 1 aromatic rings. The van der Waals surface area contributed by atoms with Gasteiger partial charge in [-0.3, -0.25) is 4.79 Å². The third kappa shape index (κ3) is 4.44. The summed E-state index contributed by atoms with van der Waals surface area (Å²) in [4.78, 5) is 25.3. The minimum atomic E-state index is -0.273. The number of rotatable bonds is 5. The lowest BCUT2D eigenvalue weighted by Gasteiger charge is -2.21. The molecule has 1 saturated heterocycles. The molecule has 6 heteroatoms. The number of amides is 3. The van der Waals surface area contributed by atoms with E-state index in [-0.39, 0.29) is 29.8 Å². The summed E-state index contributed by atoms with van der Waals surface area (Å²) in [6, 6.07) is 5.95. The Balaban J connectivity index is 1.70. The van der Waals surface area contributed by atoms with Gasteiger partial charge in [-0.05, 0) is 38.0 Å². The van der Waals surface area contributed by atoms with E-state index in [1.807, 2.05) is 13.8 Å². The molecule has 1 fully saturated rings. The number of carbonyl (C=O) groups is 2. The summed E-state index contributed by atoms with van der Waals surface area (Å²) in [6.07, 6.45) is 0.985. The molecule has 0 aromatic heterocycles. The molecule has 120 valence electrons. The maximum absolute atomic E-state index is 12.8. The minimum absolute atomic E-state index is 0.0756. The van der Waals surface area contributed by atoms with Crippen molar-refractivity contribution in [1.82, 2.24) is 15.5 Å². The van der Waals surface area contributed by atoms with Gasteiger partial charge in [-0.2, -0.15) is 0 Å². The quantitative estimate of drug-likeness (QED) is 0.869. The first kappa shape index (κ1) is 16.3. The summed E-state index contributed by atoms with van der Waals surface area (Å²) in [5.74, 6) is -0.193. The Kier molecular flexibility index (Phi) is 5.35. The Bertz CT molecular complexity index is 531. The second-order valence-electron chi connectivity index (χ2n) is 5.82. The standard InChI is InChI=1S/C16H22FN3O2/c1-11(2)20-10-14(9-15(20)21)19-16(22)18-8-7-12-3-5-13(17)6-4-12/h3-6,11,14H,7-10H2,1-2H3,(H2,18,19,22). The maximum Gasteiger partial charge on any atom is 0.315 e. The van der Waals surface area contributed by atoms with E-state index in [1.165, 1.54) is 12.1 Å². The molecule has 0 radical (unpaired) electrons. The van der Waals surface area contributed by atoms with Crippen LogP contribution >= 0.6 is 0 Å².